The van der Waals surface area contributed by atoms with E-state index in [4.69, 9.17) is 5.73 Å². The highest BCUT2D eigenvalue weighted by Crippen LogP contribution is 2.11. The number of primary amides is 1. The third-order valence-corrected chi connectivity index (χ3v) is 3.09. The summed E-state index contributed by atoms with van der Waals surface area (Å²) in [6, 6.07) is 1.54. The van der Waals surface area contributed by atoms with Gasteiger partial charge in [-0.3, -0.25) is 9.69 Å². The van der Waals surface area contributed by atoms with Crippen molar-refractivity contribution in [3.8, 4) is 0 Å². The molecule has 0 radical (unpaired) electrons. The molecule has 2 rings (SSSR count). The van der Waals surface area contributed by atoms with Crippen LogP contribution in [0, 0.1) is 0 Å². The third-order valence-electron chi connectivity index (χ3n) is 3.09. The van der Waals surface area contributed by atoms with Gasteiger partial charge in [0.05, 0.1) is 0 Å². The molecule has 1 amide bonds. The zero-order valence-electron chi connectivity index (χ0n) is 10.7. The summed E-state index contributed by atoms with van der Waals surface area (Å²) in [6.45, 7) is 7.13. The minimum absolute atomic E-state index is 0.274. The van der Waals surface area contributed by atoms with Crippen molar-refractivity contribution in [2.75, 3.05) is 37.6 Å². The number of amides is 1. The van der Waals surface area contributed by atoms with Crippen molar-refractivity contribution in [3.63, 3.8) is 0 Å². The van der Waals surface area contributed by atoms with Gasteiger partial charge in [-0.2, -0.15) is 0 Å². The van der Waals surface area contributed by atoms with Gasteiger partial charge in [0.25, 0.3) is 5.91 Å². The lowest BCUT2D eigenvalue weighted by molar-refractivity contribution is 0.0995. The van der Waals surface area contributed by atoms with Crippen LogP contribution in [0.2, 0.25) is 0 Å². The maximum atomic E-state index is 11.1. The minimum atomic E-state index is -0.511. The molecule has 2 heterocycles. The number of piperazine rings is 1. The Balaban J connectivity index is 2.01. The lowest BCUT2D eigenvalue weighted by Crippen LogP contribution is -2.47. The molecule has 1 aromatic rings. The lowest BCUT2D eigenvalue weighted by atomic mass is 10.3. The topological polar surface area (TPSA) is 75.3 Å². The Morgan fingerprint density at radius 1 is 1.39 bits per heavy atom. The molecule has 98 valence electrons. The first-order valence-electron chi connectivity index (χ1n) is 6.31. The fourth-order valence-electron chi connectivity index (χ4n) is 2.13. The van der Waals surface area contributed by atoms with E-state index in [1.807, 2.05) is 0 Å². The summed E-state index contributed by atoms with van der Waals surface area (Å²) >= 11 is 0. The van der Waals surface area contributed by atoms with Crippen LogP contribution in [-0.2, 0) is 0 Å². The molecular weight excluding hydrogens is 230 g/mol. The first-order valence-corrected chi connectivity index (χ1v) is 6.31. The predicted molar refractivity (Wildman–Crippen MR) is 69.5 cm³/mol. The summed E-state index contributed by atoms with van der Waals surface area (Å²) in [5, 5.41) is 0. The monoisotopic (exact) mass is 249 g/mol. The quantitative estimate of drug-likeness (QED) is 0.819. The number of rotatable bonds is 4. The first kappa shape index (κ1) is 12.8. The van der Waals surface area contributed by atoms with Crippen LogP contribution < -0.4 is 10.6 Å². The molecule has 0 bridgehead atoms. The summed E-state index contributed by atoms with van der Waals surface area (Å²) in [5.41, 5.74) is 5.49. The molecule has 0 aliphatic carbocycles. The number of hydrogen-bond acceptors (Lipinski definition) is 5. The van der Waals surface area contributed by atoms with Gasteiger partial charge in [-0.1, -0.05) is 6.92 Å². The van der Waals surface area contributed by atoms with E-state index < -0.39 is 5.91 Å². The second-order valence-electron chi connectivity index (χ2n) is 4.43. The van der Waals surface area contributed by atoms with E-state index in [9.17, 15) is 4.79 Å². The van der Waals surface area contributed by atoms with Crippen LogP contribution in [0.1, 0.15) is 23.8 Å². The Hall–Kier alpha value is -1.69. The largest absolute Gasteiger partial charge is 0.364 e. The Labute approximate surface area is 107 Å². The zero-order chi connectivity index (χ0) is 13.0. The molecule has 18 heavy (non-hydrogen) atoms. The van der Waals surface area contributed by atoms with Crippen molar-refractivity contribution in [3.05, 3.63) is 18.0 Å². The van der Waals surface area contributed by atoms with Crippen LogP contribution in [0.4, 0.5) is 5.95 Å². The molecule has 1 saturated heterocycles. The molecule has 1 fully saturated rings. The van der Waals surface area contributed by atoms with E-state index in [0.29, 0.717) is 5.95 Å². The Kier molecular flexibility index (Phi) is 4.09. The molecule has 1 aromatic heterocycles. The third kappa shape index (κ3) is 2.95. The average Bonchev–Trinajstić information content (AvgIpc) is 2.40. The van der Waals surface area contributed by atoms with E-state index >= 15 is 0 Å². The van der Waals surface area contributed by atoms with Crippen molar-refractivity contribution in [2.24, 2.45) is 5.73 Å². The highest BCUT2D eigenvalue weighted by molar-refractivity contribution is 5.90. The molecule has 0 atom stereocenters. The number of hydrogen-bond donors (Lipinski definition) is 1. The van der Waals surface area contributed by atoms with Crippen LogP contribution in [0.5, 0.6) is 0 Å². The van der Waals surface area contributed by atoms with Crippen LogP contribution in [0.3, 0.4) is 0 Å². The number of anilines is 1. The van der Waals surface area contributed by atoms with Crippen molar-refractivity contribution in [2.45, 2.75) is 13.3 Å². The first-order chi connectivity index (χ1) is 8.70. The van der Waals surface area contributed by atoms with Gasteiger partial charge in [0.1, 0.15) is 5.69 Å². The smallest absolute Gasteiger partial charge is 0.267 e. The van der Waals surface area contributed by atoms with Crippen LogP contribution in [-0.4, -0.2) is 53.5 Å². The number of aromatic nitrogens is 2. The molecule has 1 aliphatic heterocycles. The van der Waals surface area contributed by atoms with Gasteiger partial charge < -0.3 is 10.6 Å². The maximum absolute atomic E-state index is 11.1. The Morgan fingerprint density at radius 2 is 2.11 bits per heavy atom. The molecule has 6 heteroatoms. The van der Waals surface area contributed by atoms with Crippen LogP contribution in [0.15, 0.2) is 12.3 Å². The van der Waals surface area contributed by atoms with Gasteiger partial charge in [-0.15, -0.1) is 0 Å². The van der Waals surface area contributed by atoms with E-state index in [1.54, 1.807) is 12.3 Å². The highest BCUT2D eigenvalue weighted by Gasteiger charge is 2.18. The van der Waals surface area contributed by atoms with Gasteiger partial charge in [0.2, 0.25) is 5.95 Å². The molecule has 6 nitrogen and oxygen atoms in total. The second kappa shape index (κ2) is 5.77. The zero-order valence-corrected chi connectivity index (χ0v) is 10.7. The number of nitrogens with two attached hydrogens (primary N) is 1. The number of nitrogens with zero attached hydrogens (tertiary/aromatic N) is 4. The van der Waals surface area contributed by atoms with Crippen LogP contribution in [0.25, 0.3) is 0 Å². The van der Waals surface area contributed by atoms with Gasteiger partial charge in [0, 0.05) is 32.4 Å². The number of carbonyl (C=O) groups excluding carboxylic acids is 1. The minimum Gasteiger partial charge on any atom is -0.364 e. The average molecular weight is 249 g/mol. The standard InChI is InChI=1S/C12H19N5O/c1-2-5-16-6-8-17(9-7-16)12-14-4-3-10(15-12)11(13)18/h3-4H,2,5-9H2,1H3,(H2,13,18). The normalized spacial score (nSPS) is 16.8. The van der Waals surface area contributed by atoms with Gasteiger partial charge in [-0.05, 0) is 19.0 Å². The highest BCUT2D eigenvalue weighted by atomic mass is 16.1. The summed E-state index contributed by atoms with van der Waals surface area (Å²) in [7, 11) is 0. The lowest BCUT2D eigenvalue weighted by Gasteiger charge is -2.34. The van der Waals surface area contributed by atoms with Crippen molar-refractivity contribution < 1.29 is 4.79 Å². The molecular formula is C12H19N5O. The van der Waals surface area contributed by atoms with Crippen molar-refractivity contribution in [1.82, 2.24) is 14.9 Å². The fourth-order valence-corrected chi connectivity index (χ4v) is 2.13. The summed E-state index contributed by atoms with van der Waals surface area (Å²) < 4.78 is 0. The van der Waals surface area contributed by atoms with Crippen molar-refractivity contribution >= 4 is 11.9 Å². The van der Waals surface area contributed by atoms with Gasteiger partial charge in [-0.25, -0.2) is 9.97 Å². The van der Waals surface area contributed by atoms with Crippen LogP contribution >= 0.6 is 0 Å². The van der Waals surface area contributed by atoms with Gasteiger partial charge >= 0.3 is 0 Å². The Morgan fingerprint density at radius 3 is 2.72 bits per heavy atom. The molecule has 0 unspecified atom stereocenters. The Bertz CT molecular complexity index is 415. The fraction of sp³-hybridized carbons (Fsp3) is 0.583. The molecule has 0 aromatic carbocycles. The predicted octanol–water partition coefficient (Wildman–Crippen LogP) is 0.108. The molecule has 0 spiro atoms. The van der Waals surface area contributed by atoms with Gasteiger partial charge in [0.15, 0.2) is 0 Å². The summed E-state index contributed by atoms with van der Waals surface area (Å²) in [5.74, 6) is 0.0886. The molecule has 0 saturated carbocycles. The van der Waals surface area contributed by atoms with E-state index in [1.165, 1.54) is 6.42 Å². The molecule has 1 aliphatic rings. The summed E-state index contributed by atoms with van der Waals surface area (Å²) in [6.07, 6.45) is 2.76. The van der Waals surface area contributed by atoms with E-state index in [-0.39, 0.29) is 5.69 Å². The van der Waals surface area contributed by atoms with Crippen molar-refractivity contribution in [1.29, 1.82) is 0 Å². The summed E-state index contributed by atoms with van der Waals surface area (Å²) in [4.78, 5) is 24.0. The molecule has 2 N–H and O–H groups in total. The van der Waals surface area contributed by atoms with E-state index in [2.05, 4.69) is 26.7 Å². The maximum Gasteiger partial charge on any atom is 0.267 e. The number of carbonyl (C=O) groups is 1. The second-order valence-corrected chi connectivity index (χ2v) is 4.43. The SMILES string of the molecule is CCCN1CCN(c2nccc(C(N)=O)n2)CC1. The van der Waals surface area contributed by atoms with E-state index in [0.717, 1.165) is 32.7 Å².